The molecule has 0 unspecified atom stereocenters. The first-order chi connectivity index (χ1) is 8.30. The monoisotopic (exact) mass is 271 g/mol. The van der Waals surface area contributed by atoms with Crippen molar-refractivity contribution in [3.8, 4) is 0 Å². The Labute approximate surface area is 107 Å². The fraction of sp³-hybridized carbons (Fsp3) is 0.364. The molecule has 0 radical (unpaired) electrons. The highest BCUT2D eigenvalue weighted by molar-refractivity contribution is 7.89. The summed E-state index contributed by atoms with van der Waals surface area (Å²) in [6.45, 7) is 3.09. The first-order valence-electron chi connectivity index (χ1n) is 5.44. The highest BCUT2D eigenvalue weighted by Crippen LogP contribution is 2.25. The van der Waals surface area contributed by atoms with Crippen LogP contribution in [0.2, 0.25) is 0 Å². The molecule has 6 nitrogen and oxygen atoms in total. The fourth-order valence-electron chi connectivity index (χ4n) is 1.70. The first-order valence-corrected chi connectivity index (χ1v) is 6.88. The van der Waals surface area contributed by atoms with Crippen molar-refractivity contribution in [3.05, 3.63) is 23.8 Å². The Morgan fingerprint density at radius 3 is 2.44 bits per heavy atom. The average Bonchev–Trinajstić information content (AvgIpc) is 2.24. The molecular weight excluding hydrogens is 254 g/mol. The van der Waals surface area contributed by atoms with Crippen molar-refractivity contribution in [2.24, 2.45) is 5.73 Å². The van der Waals surface area contributed by atoms with Crippen LogP contribution >= 0.6 is 0 Å². The van der Waals surface area contributed by atoms with Gasteiger partial charge in [-0.25, -0.2) is 8.42 Å². The lowest BCUT2D eigenvalue weighted by Gasteiger charge is -2.21. The first kappa shape index (κ1) is 14.5. The molecule has 0 aliphatic heterocycles. The molecule has 0 heterocycles. The molecule has 4 N–H and O–H groups in total. The SMILES string of the molecule is CCN(CC(N)=O)S(=O)(=O)c1c(C)cccc1N. The van der Waals surface area contributed by atoms with Crippen LogP contribution in [0, 0.1) is 6.92 Å². The number of likely N-dealkylation sites (N-methyl/N-ethyl adjacent to an activating group) is 1. The normalized spacial score (nSPS) is 11.7. The van der Waals surface area contributed by atoms with E-state index in [-0.39, 0.29) is 23.7 Å². The van der Waals surface area contributed by atoms with E-state index in [0.29, 0.717) is 5.56 Å². The highest BCUT2D eigenvalue weighted by atomic mass is 32.2. The van der Waals surface area contributed by atoms with E-state index in [1.165, 1.54) is 6.07 Å². The minimum atomic E-state index is -3.80. The number of sulfonamides is 1. The Morgan fingerprint density at radius 2 is 2.00 bits per heavy atom. The van der Waals surface area contributed by atoms with Gasteiger partial charge >= 0.3 is 0 Å². The average molecular weight is 271 g/mol. The Kier molecular flexibility index (Phi) is 4.31. The van der Waals surface area contributed by atoms with Crippen LogP contribution in [0.5, 0.6) is 0 Å². The number of rotatable bonds is 5. The molecule has 100 valence electrons. The summed E-state index contributed by atoms with van der Waals surface area (Å²) in [6.07, 6.45) is 0. The van der Waals surface area contributed by atoms with Gasteiger partial charge in [-0.15, -0.1) is 0 Å². The molecule has 1 rings (SSSR count). The number of nitrogens with zero attached hydrogens (tertiary/aromatic N) is 1. The lowest BCUT2D eigenvalue weighted by atomic mass is 10.2. The fourth-order valence-corrected chi connectivity index (χ4v) is 3.43. The quantitative estimate of drug-likeness (QED) is 0.739. The zero-order valence-electron chi connectivity index (χ0n) is 10.4. The van der Waals surface area contributed by atoms with E-state index in [9.17, 15) is 13.2 Å². The van der Waals surface area contributed by atoms with Gasteiger partial charge in [0.2, 0.25) is 15.9 Å². The maximum Gasteiger partial charge on any atom is 0.245 e. The predicted octanol–water partition coefficient (Wildman–Crippen LogP) is 0.0731. The maximum atomic E-state index is 12.4. The van der Waals surface area contributed by atoms with E-state index < -0.39 is 15.9 Å². The van der Waals surface area contributed by atoms with Gasteiger partial charge in [0, 0.05) is 6.54 Å². The zero-order chi connectivity index (χ0) is 13.9. The number of anilines is 1. The molecule has 0 saturated carbocycles. The third-order valence-electron chi connectivity index (χ3n) is 2.53. The molecule has 0 aromatic heterocycles. The third kappa shape index (κ3) is 2.80. The second kappa shape index (κ2) is 5.36. The molecule has 1 amide bonds. The topological polar surface area (TPSA) is 106 Å². The molecule has 18 heavy (non-hydrogen) atoms. The van der Waals surface area contributed by atoms with Crippen LogP contribution in [-0.2, 0) is 14.8 Å². The van der Waals surface area contributed by atoms with E-state index >= 15 is 0 Å². The standard InChI is InChI=1S/C11H17N3O3S/c1-3-14(7-10(13)15)18(16,17)11-8(2)5-4-6-9(11)12/h4-6H,3,7,12H2,1-2H3,(H2,13,15). The minimum Gasteiger partial charge on any atom is -0.398 e. The van der Waals surface area contributed by atoms with Gasteiger partial charge in [-0.2, -0.15) is 4.31 Å². The van der Waals surface area contributed by atoms with E-state index in [1.807, 2.05) is 0 Å². The van der Waals surface area contributed by atoms with Gasteiger partial charge in [-0.1, -0.05) is 19.1 Å². The Morgan fingerprint density at radius 1 is 1.39 bits per heavy atom. The number of nitrogen functional groups attached to an aromatic ring is 1. The number of carbonyl (C=O) groups is 1. The van der Waals surface area contributed by atoms with Crippen molar-refractivity contribution in [2.75, 3.05) is 18.8 Å². The predicted molar refractivity (Wildman–Crippen MR) is 69.2 cm³/mol. The Balaban J connectivity index is 3.32. The number of primary amides is 1. The van der Waals surface area contributed by atoms with Gasteiger partial charge in [0.1, 0.15) is 4.90 Å². The lowest BCUT2D eigenvalue weighted by Crippen LogP contribution is -2.38. The maximum absolute atomic E-state index is 12.4. The number of hydrogen-bond acceptors (Lipinski definition) is 4. The number of benzene rings is 1. The summed E-state index contributed by atoms with van der Waals surface area (Å²) in [5.74, 6) is -0.701. The number of nitrogens with two attached hydrogens (primary N) is 2. The third-order valence-corrected chi connectivity index (χ3v) is 4.67. The van der Waals surface area contributed by atoms with Crippen molar-refractivity contribution in [3.63, 3.8) is 0 Å². The smallest absolute Gasteiger partial charge is 0.245 e. The molecule has 1 aromatic rings. The summed E-state index contributed by atoms with van der Waals surface area (Å²) in [4.78, 5) is 10.9. The summed E-state index contributed by atoms with van der Waals surface area (Å²) < 4.78 is 25.8. The second-order valence-corrected chi connectivity index (χ2v) is 5.77. The summed E-state index contributed by atoms with van der Waals surface area (Å²) in [5, 5.41) is 0. The minimum absolute atomic E-state index is 0.0353. The van der Waals surface area contributed by atoms with Gasteiger partial charge in [-0.05, 0) is 18.6 Å². The summed E-state index contributed by atoms with van der Waals surface area (Å²) in [6, 6.07) is 4.84. The van der Waals surface area contributed by atoms with Crippen LogP contribution < -0.4 is 11.5 Å². The Hall–Kier alpha value is -1.60. The number of amides is 1. The van der Waals surface area contributed by atoms with Crippen LogP contribution in [0.1, 0.15) is 12.5 Å². The molecule has 0 saturated heterocycles. The molecule has 0 bridgehead atoms. The van der Waals surface area contributed by atoms with Gasteiger partial charge in [-0.3, -0.25) is 4.79 Å². The van der Waals surface area contributed by atoms with Crippen molar-refractivity contribution < 1.29 is 13.2 Å². The van der Waals surface area contributed by atoms with E-state index in [2.05, 4.69) is 0 Å². The van der Waals surface area contributed by atoms with Crippen molar-refractivity contribution in [1.82, 2.24) is 4.31 Å². The van der Waals surface area contributed by atoms with Crippen molar-refractivity contribution in [1.29, 1.82) is 0 Å². The molecule has 0 aliphatic carbocycles. The summed E-state index contributed by atoms with van der Waals surface area (Å²) in [7, 11) is -3.80. The summed E-state index contributed by atoms with van der Waals surface area (Å²) >= 11 is 0. The van der Waals surface area contributed by atoms with Crippen LogP contribution in [0.3, 0.4) is 0 Å². The molecule has 7 heteroatoms. The summed E-state index contributed by atoms with van der Waals surface area (Å²) in [5.41, 5.74) is 11.5. The van der Waals surface area contributed by atoms with E-state index in [0.717, 1.165) is 4.31 Å². The number of aryl methyl sites for hydroxylation is 1. The molecule has 0 spiro atoms. The molecule has 0 fully saturated rings. The van der Waals surface area contributed by atoms with E-state index in [1.54, 1.807) is 26.0 Å². The van der Waals surface area contributed by atoms with Gasteiger partial charge < -0.3 is 11.5 Å². The van der Waals surface area contributed by atoms with Gasteiger partial charge in [0.15, 0.2) is 0 Å². The van der Waals surface area contributed by atoms with Crippen LogP contribution in [0.15, 0.2) is 23.1 Å². The van der Waals surface area contributed by atoms with Crippen molar-refractivity contribution in [2.45, 2.75) is 18.7 Å². The number of carbonyl (C=O) groups excluding carboxylic acids is 1. The van der Waals surface area contributed by atoms with Gasteiger partial charge in [0.25, 0.3) is 0 Å². The molecule has 0 aliphatic rings. The molecule has 0 atom stereocenters. The molecular formula is C11H17N3O3S. The van der Waals surface area contributed by atoms with Crippen LogP contribution in [0.25, 0.3) is 0 Å². The largest absolute Gasteiger partial charge is 0.398 e. The van der Waals surface area contributed by atoms with Crippen molar-refractivity contribution >= 4 is 21.6 Å². The van der Waals surface area contributed by atoms with Crippen LogP contribution in [-0.4, -0.2) is 31.7 Å². The Bertz CT molecular complexity index is 534. The van der Waals surface area contributed by atoms with Crippen LogP contribution in [0.4, 0.5) is 5.69 Å². The van der Waals surface area contributed by atoms with E-state index in [4.69, 9.17) is 11.5 Å². The zero-order valence-corrected chi connectivity index (χ0v) is 11.2. The highest BCUT2D eigenvalue weighted by Gasteiger charge is 2.27. The number of hydrogen-bond donors (Lipinski definition) is 2. The van der Waals surface area contributed by atoms with Gasteiger partial charge in [0.05, 0.1) is 12.2 Å². The molecule has 1 aromatic carbocycles. The second-order valence-electron chi connectivity index (χ2n) is 3.89. The lowest BCUT2D eigenvalue weighted by molar-refractivity contribution is -0.118.